The van der Waals surface area contributed by atoms with Crippen LogP contribution in [0.25, 0.3) is 28.0 Å². The summed E-state index contributed by atoms with van der Waals surface area (Å²) in [5.74, 6) is 0.512. The smallest absolute Gasteiger partial charge is 0.225 e. The number of nitrogens with zero attached hydrogens (tertiary/aromatic N) is 7. The maximum absolute atomic E-state index is 9.72. The zero-order chi connectivity index (χ0) is 20.5. The first-order valence-electron chi connectivity index (χ1n) is 9.97. The molecular weight excluding hydrogens is 384 g/mol. The molecule has 0 saturated heterocycles. The number of anilines is 1. The molecule has 3 aromatic heterocycles. The summed E-state index contributed by atoms with van der Waals surface area (Å²) in [6.07, 6.45) is 7.48. The van der Waals surface area contributed by atoms with Crippen molar-refractivity contribution in [1.82, 2.24) is 34.7 Å². The van der Waals surface area contributed by atoms with E-state index in [-0.39, 0.29) is 18.8 Å². The molecular formula is C20H22N8O2. The Morgan fingerprint density at radius 3 is 2.73 bits per heavy atom. The van der Waals surface area contributed by atoms with E-state index in [0.29, 0.717) is 30.1 Å². The van der Waals surface area contributed by atoms with Gasteiger partial charge < -0.3 is 15.5 Å². The standard InChI is InChI=1S/C20H22N8O2/c29-8-7-27-12-14(10-22-27)13-1-4-16(5-2-13)28-19-18(25-26-28)11-21-20(24-19)23-15-3-6-17(30)9-15/h1-2,4-5,10-12,15,17,29-30H,3,6-9H2,(H,21,23,24). The van der Waals surface area contributed by atoms with Gasteiger partial charge in [0.1, 0.15) is 0 Å². The second kappa shape index (κ2) is 7.81. The Morgan fingerprint density at radius 1 is 1.10 bits per heavy atom. The molecule has 0 amide bonds. The lowest BCUT2D eigenvalue weighted by Crippen LogP contribution is -2.18. The van der Waals surface area contributed by atoms with E-state index in [1.165, 1.54) is 0 Å². The first-order chi connectivity index (χ1) is 14.7. The average molecular weight is 406 g/mol. The van der Waals surface area contributed by atoms with Gasteiger partial charge in [-0.25, -0.2) is 4.98 Å². The predicted molar refractivity (Wildman–Crippen MR) is 110 cm³/mol. The Morgan fingerprint density at radius 2 is 1.97 bits per heavy atom. The largest absolute Gasteiger partial charge is 0.394 e. The van der Waals surface area contributed by atoms with E-state index in [1.54, 1.807) is 21.8 Å². The number of hydrogen-bond acceptors (Lipinski definition) is 8. The highest BCUT2D eigenvalue weighted by atomic mass is 16.3. The summed E-state index contributed by atoms with van der Waals surface area (Å²) in [5.41, 5.74) is 4.07. The van der Waals surface area contributed by atoms with Crippen molar-refractivity contribution in [3.05, 3.63) is 42.9 Å². The van der Waals surface area contributed by atoms with Crippen molar-refractivity contribution in [1.29, 1.82) is 0 Å². The number of hydrogen-bond donors (Lipinski definition) is 3. The summed E-state index contributed by atoms with van der Waals surface area (Å²) >= 11 is 0. The van der Waals surface area contributed by atoms with Gasteiger partial charge in [0.05, 0.1) is 37.3 Å². The van der Waals surface area contributed by atoms with Crippen LogP contribution >= 0.6 is 0 Å². The topological polar surface area (TPSA) is 127 Å². The van der Waals surface area contributed by atoms with Crippen molar-refractivity contribution >= 4 is 17.1 Å². The van der Waals surface area contributed by atoms with E-state index in [9.17, 15) is 5.11 Å². The molecule has 1 saturated carbocycles. The van der Waals surface area contributed by atoms with Crippen molar-refractivity contribution in [3.63, 3.8) is 0 Å². The molecule has 2 atom stereocenters. The predicted octanol–water partition coefficient (Wildman–Crippen LogP) is 1.39. The molecule has 1 fully saturated rings. The van der Waals surface area contributed by atoms with E-state index >= 15 is 0 Å². The minimum atomic E-state index is -0.257. The van der Waals surface area contributed by atoms with Gasteiger partial charge in [0.25, 0.3) is 0 Å². The van der Waals surface area contributed by atoms with Gasteiger partial charge in [-0.05, 0) is 37.0 Å². The van der Waals surface area contributed by atoms with Crippen LogP contribution in [0, 0.1) is 0 Å². The molecule has 154 valence electrons. The summed E-state index contributed by atoms with van der Waals surface area (Å²) in [5, 5.41) is 34.7. The lowest BCUT2D eigenvalue weighted by molar-refractivity contribution is 0.182. The van der Waals surface area contributed by atoms with Crippen LogP contribution in [0.5, 0.6) is 0 Å². The average Bonchev–Trinajstić information content (AvgIpc) is 3.49. The summed E-state index contributed by atoms with van der Waals surface area (Å²) in [6, 6.07) is 8.06. The van der Waals surface area contributed by atoms with E-state index < -0.39 is 0 Å². The second-order valence-corrected chi connectivity index (χ2v) is 7.47. The van der Waals surface area contributed by atoms with Crippen LogP contribution in [0.2, 0.25) is 0 Å². The zero-order valence-electron chi connectivity index (χ0n) is 16.3. The number of aromatic nitrogens is 7. The Balaban J connectivity index is 1.40. The highest BCUT2D eigenvalue weighted by Gasteiger charge is 2.23. The van der Waals surface area contributed by atoms with Crippen LogP contribution in [0.15, 0.2) is 42.9 Å². The van der Waals surface area contributed by atoms with E-state index in [0.717, 1.165) is 29.7 Å². The Kier molecular flexibility index (Phi) is 4.85. The van der Waals surface area contributed by atoms with Crippen LogP contribution in [0.4, 0.5) is 5.95 Å². The Hall–Kier alpha value is -3.37. The monoisotopic (exact) mass is 406 g/mol. The van der Waals surface area contributed by atoms with Gasteiger partial charge in [-0.2, -0.15) is 14.8 Å². The summed E-state index contributed by atoms with van der Waals surface area (Å²) in [7, 11) is 0. The fourth-order valence-electron chi connectivity index (χ4n) is 3.78. The summed E-state index contributed by atoms with van der Waals surface area (Å²) in [4.78, 5) is 8.93. The van der Waals surface area contributed by atoms with Crippen molar-refractivity contribution in [2.45, 2.75) is 38.0 Å². The van der Waals surface area contributed by atoms with Crippen LogP contribution < -0.4 is 5.32 Å². The SMILES string of the molecule is OCCn1cc(-c2ccc(-n3nnc4cnc(NC5CCC(O)C5)nc43)cc2)cn1. The molecule has 0 radical (unpaired) electrons. The molecule has 10 nitrogen and oxygen atoms in total. The molecule has 1 aromatic carbocycles. The number of aliphatic hydroxyl groups excluding tert-OH is 2. The van der Waals surface area contributed by atoms with Crippen LogP contribution in [0.3, 0.4) is 0 Å². The fraction of sp³-hybridized carbons (Fsp3) is 0.350. The third kappa shape index (κ3) is 3.62. The Bertz CT molecular complexity index is 1150. The van der Waals surface area contributed by atoms with Crippen molar-refractivity contribution in [3.8, 4) is 16.8 Å². The van der Waals surface area contributed by atoms with Gasteiger partial charge >= 0.3 is 0 Å². The molecule has 2 unspecified atom stereocenters. The molecule has 4 aromatic rings. The van der Waals surface area contributed by atoms with Gasteiger partial charge in [-0.3, -0.25) is 4.68 Å². The van der Waals surface area contributed by atoms with Crippen molar-refractivity contribution < 1.29 is 10.2 Å². The quantitative estimate of drug-likeness (QED) is 0.438. The first kappa shape index (κ1) is 18.6. The van der Waals surface area contributed by atoms with Gasteiger partial charge in [0.15, 0.2) is 11.2 Å². The minimum absolute atomic E-state index is 0.0550. The molecule has 5 rings (SSSR count). The lowest BCUT2D eigenvalue weighted by atomic mass is 10.1. The molecule has 10 heteroatoms. The molecule has 30 heavy (non-hydrogen) atoms. The molecule has 0 bridgehead atoms. The Labute approximate surface area is 172 Å². The van der Waals surface area contributed by atoms with Crippen LogP contribution in [-0.2, 0) is 6.54 Å². The van der Waals surface area contributed by atoms with Crippen molar-refractivity contribution in [2.75, 3.05) is 11.9 Å². The molecule has 0 aliphatic heterocycles. The van der Waals surface area contributed by atoms with Crippen LogP contribution in [-0.4, -0.2) is 63.7 Å². The number of benzene rings is 1. The number of nitrogens with one attached hydrogen (secondary N) is 1. The third-order valence-electron chi connectivity index (χ3n) is 5.34. The minimum Gasteiger partial charge on any atom is -0.394 e. The first-order valence-corrected chi connectivity index (χ1v) is 9.97. The normalized spacial score (nSPS) is 18.9. The van der Waals surface area contributed by atoms with E-state index in [1.807, 2.05) is 30.5 Å². The lowest BCUT2D eigenvalue weighted by Gasteiger charge is -2.11. The third-order valence-corrected chi connectivity index (χ3v) is 5.34. The van der Waals surface area contributed by atoms with Crippen molar-refractivity contribution in [2.24, 2.45) is 0 Å². The van der Waals surface area contributed by atoms with E-state index in [2.05, 4.69) is 30.7 Å². The fourth-order valence-corrected chi connectivity index (χ4v) is 3.78. The second-order valence-electron chi connectivity index (χ2n) is 7.47. The number of aliphatic hydroxyl groups is 2. The zero-order valence-corrected chi connectivity index (χ0v) is 16.3. The summed E-state index contributed by atoms with van der Waals surface area (Å²) in [6.45, 7) is 0.526. The number of fused-ring (bicyclic) bond motifs is 1. The van der Waals surface area contributed by atoms with Gasteiger partial charge in [-0.15, -0.1) is 5.10 Å². The van der Waals surface area contributed by atoms with Gasteiger partial charge in [0, 0.05) is 17.8 Å². The van der Waals surface area contributed by atoms with Gasteiger partial charge in [-0.1, -0.05) is 17.3 Å². The van der Waals surface area contributed by atoms with Crippen LogP contribution in [0.1, 0.15) is 19.3 Å². The molecule has 1 aliphatic carbocycles. The maximum atomic E-state index is 9.72. The number of rotatable bonds is 6. The molecule has 1 aliphatic rings. The summed E-state index contributed by atoms with van der Waals surface area (Å²) < 4.78 is 3.40. The molecule has 3 N–H and O–H groups in total. The maximum Gasteiger partial charge on any atom is 0.225 e. The van der Waals surface area contributed by atoms with Gasteiger partial charge in [0.2, 0.25) is 5.95 Å². The highest BCUT2D eigenvalue weighted by molar-refractivity contribution is 5.72. The highest BCUT2D eigenvalue weighted by Crippen LogP contribution is 2.24. The molecule has 3 heterocycles. The van der Waals surface area contributed by atoms with E-state index in [4.69, 9.17) is 5.11 Å². The molecule has 0 spiro atoms.